The highest BCUT2D eigenvalue weighted by atomic mass is 19.4. The second-order valence-corrected chi connectivity index (χ2v) is 4.82. The summed E-state index contributed by atoms with van der Waals surface area (Å²) in [4.78, 5) is 11.8. The van der Waals surface area contributed by atoms with E-state index in [9.17, 15) is 18.0 Å². The minimum absolute atomic E-state index is 0.246. The molecule has 0 spiro atoms. The van der Waals surface area contributed by atoms with Gasteiger partial charge < -0.3 is 9.26 Å². The zero-order valence-corrected chi connectivity index (χ0v) is 12.5. The molecule has 0 aliphatic rings. The lowest BCUT2D eigenvalue weighted by Crippen LogP contribution is -2.17. The normalized spacial score (nSPS) is 12.7. The molecule has 0 aliphatic carbocycles. The number of nitrogens with zero attached hydrogens (tertiary/aromatic N) is 1. The average Bonchev–Trinajstić information content (AvgIpc) is 2.93. The highest BCUT2D eigenvalue weighted by molar-refractivity contribution is 5.85. The number of carbonyl (C=O) groups excluding carboxylic acids is 1. The van der Waals surface area contributed by atoms with Gasteiger partial charge in [-0.2, -0.15) is 13.2 Å². The van der Waals surface area contributed by atoms with Gasteiger partial charge in [0.25, 0.3) is 0 Å². The van der Waals surface area contributed by atoms with Crippen LogP contribution in [0.5, 0.6) is 0 Å². The largest absolute Gasteiger partial charge is 0.441 e. The SMILES string of the molecule is CCc1nocc1NC(=O)O[C@H](C)c1cccc(C(F)(F)F)c1. The number of nitrogens with one attached hydrogen (secondary N) is 1. The van der Waals surface area contributed by atoms with Crippen molar-refractivity contribution in [3.63, 3.8) is 0 Å². The Morgan fingerprint density at radius 3 is 2.83 bits per heavy atom. The van der Waals surface area contributed by atoms with Crippen LogP contribution in [-0.4, -0.2) is 11.2 Å². The van der Waals surface area contributed by atoms with Gasteiger partial charge in [-0.25, -0.2) is 4.79 Å². The molecule has 0 fully saturated rings. The molecule has 1 aromatic heterocycles. The molecule has 8 heteroatoms. The van der Waals surface area contributed by atoms with E-state index >= 15 is 0 Å². The summed E-state index contributed by atoms with van der Waals surface area (Å²) >= 11 is 0. The van der Waals surface area contributed by atoms with Crippen LogP contribution in [-0.2, 0) is 17.3 Å². The second-order valence-electron chi connectivity index (χ2n) is 4.82. The van der Waals surface area contributed by atoms with E-state index < -0.39 is 23.9 Å². The van der Waals surface area contributed by atoms with Crippen molar-refractivity contribution in [3.05, 3.63) is 47.3 Å². The van der Waals surface area contributed by atoms with Crippen LogP contribution >= 0.6 is 0 Å². The Morgan fingerprint density at radius 2 is 2.17 bits per heavy atom. The quantitative estimate of drug-likeness (QED) is 0.893. The standard InChI is InChI=1S/C15H15F3N2O3/c1-3-12-13(8-22-20-12)19-14(21)23-9(2)10-5-4-6-11(7-10)15(16,17)18/h4-9H,3H2,1-2H3,(H,19,21)/t9-/m1/s1. The smallest absolute Gasteiger partial charge is 0.416 e. The van der Waals surface area contributed by atoms with Gasteiger partial charge in [0.2, 0.25) is 0 Å². The van der Waals surface area contributed by atoms with Crippen molar-refractivity contribution in [2.75, 3.05) is 5.32 Å². The molecule has 2 aromatic rings. The Hall–Kier alpha value is -2.51. The summed E-state index contributed by atoms with van der Waals surface area (Å²) in [5.41, 5.74) is 0.372. The maximum Gasteiger partial charge on any atom is 0.416 e. The first-order chi connectivity index (χ1) is 10.8. The molecule has 1 aromatic carbocycles. The summed E-state index contributed by atoms with van der Waals surface area (Å²) in [6, 6.07) is 4.64. The van der Waals surface area contributed by atoms with Gasteiger partial charge >= 0.3 is 12.3 Å². The molecule has 5 nitrogen and oxygen atoms in total. The monoisotopic (exact) mass is 328 g/mol. The van der Waals surface area contributed by atoms with E-state index in [4.69, 9.17) is 9.26 Å². The van der Waals surface area contributed by atoms with Crippen molar-refractivity contribution < 1.29 is 27.2 Å². The highest BCUT2D eigenvalue weighted by Gasteiger charge is 2.31. The molecular formula is C15H15F3N2O3. The molecule has 1 amide bonds. The van der Waals surface area contributed by atoms with Gasteiger partial charge in [0.1, 0.15) is 23.7 Å². The number of hydrogen-bond acceptors (Lipinski definition) is 4. The van der Waals surface area contributed by atoms with E-state index in [-0.39, 0.29) is 5.56 Å². The highest BCUT2D eigenvalue weighted by Crippen LogP contribution is 2.31. The topological polar surface area (TPSA) is 64.4 Å². The van der Waals surface area contributed by atoms with Crippen molar-refractivity contribution in [2.45, 2.75) is 32.5 Å². The summed E-state index contributed by atoms with van der Waals surface area (Å²) in [6.07, 6.45) is -4.28. The van der Waals surface area contributed by atoms with E-state index in [1.807, 2.05) is 6.92 Å². The predicted molar refractivity (Wildman–Crippen MR) is 75.8 cm³/mol. The fourth-order valence-electron chi connectivity index (χ4n) is 1.95. The summed E-state index contributed by atoms with van der Waals surface area (Å²) in [6.45, 7) is 3.32. The van der Waals surface area contributed by atoms with Gasteiger partial charge in [-0.1, -0.05) is 24.2 Å². The maximum absolute atomic E-state index is 12.7. The summed E-state index contributed by atoms with van der Waals surface area (Å²) in [5.74, 6) is 0. The van der Waals surface area contributed by atoms with Gasteiger partial charge in [0, 0.05) is 0 Å². The Kier molecular flexibility index (Phi) is 4.92. The molecular weight excluding hydrogens is 313 g/mol. The third-order valence-corrected chi connectivity index (χ3v) is 3.18. The number of halogens is 3. The lowest BCUT2D eigenvalue weighted by molar-refractivity contribution is -0.137. The van der Waals surface area contributed by atoms with Crippen molar-refractivity contribution in [1.29, 1.82) is 0 Å². The number of aryl methyl sites for hydroxylation is 1. The first kappa shape index (κ1) is 16.9. The third kappa shape index (κ3) is 4.24. The van der Waals surface area contributed by atoms with Crippen LogP contribution in [0.4, 0.5) is 23.7 Å². The van der Waals surface area contributed by atoms with Crippen LogP contribution < -0.4 is 5.32 Å². The minimum Gasteiger partial charge on any atom is -0.441 e. The van der Waals surface area contributed by atoms with Gasteiger partial charge in [0.05, 0.1) is 5.56 Å². The molecule has 0 bridgehead atoms. The molecule has 0 saturated heterocycles. The van der Waals surface area contributed by atoms with Gasteiger partial charge in [-0.05, 0) is 31.0 Å². The minimum atomic E-state index is -4.45. The van der Waals surface area contributed by atoms with Crippen LogP contribution in [0.25, 0.3) is 0 Å². The molecule has 0 aliphatic heterocycles. The van der Waals surface area contributed by atoms with E-state index in [0.29, 0.717) is 17.8 Å². The van der Waals surface area contributed by atoms with Crippen molar-refractivity contribution in [1.82, 2.24) is 5.16 Å². The number of alkyl halides is 3. The average molecular weight is 328 g/mol. The van der Waals surface area contributed by atoms with E-state index in [2.05, 4.69) is 10.5 Å². The summed E-state index contributed by atoms with van der Waals surface area (Å²) in [5, 5.41) is 6.14. The Bertz CT molecular complexity index is 683. The predicted octanol–water partition coefficient (Wildman–Crippen LogP) is 4.57. The Labute approximate surface area is 130 Å². The molecule has 0 radical (unpaired) electrons. The van der Waals surface area contributed by atoms with Gasteiger partial charge in [0.15, 0.2) is 0 Å². The first-order valence-corrected chi connectivity index (χ1v) is 6.89. The van der Waals surface area contributed by atoms with Crippen LogP contribution in [0.1, 0.15) is 36.8 Å². The van der Waals surface area contributed by atoms with Crippen molar-refractivity contribution >= 4 is 11.8 Å². The second kappa shape index (κ2) is 6.72. The summed E-state index contributed by atoms with van der Waals surface area (Å²) in [7, 11) is 0. The molecule has 23 heavy (non-hydrogen) atoms. The lowest BCUT2D eigenvalue weighted by Gasteiger charge is -2.15. The number of benzene rings is 1. The fourth-order valence-corrected chi connectivity index (χ4v) is 1.95. The maximum atomic E-state index is 12.7. The molecule has 1 heterocycles. The van der Waals surface area contributed by atoms with Crippen molar-refractivity contribution in [2.24, 2.45) is 0 Å². The van der Waals surface area contributed by atoms with Crippen LogP contribution in [0.15, 0.2) is 35.1 Å². The number of carbonyl (C=O) groups is 1. The molecule has 1 atom stereocenters. The molecule has 124 valence electrons. The number of anilines is 1. The van der Waals surface area contributed by atoms with E-state index in [1.165, 1.54) is 25.3 Å². The molecule has 2 rings (SSSR count). The third-order valence-electron chi connectivity index (χ3n) is 3.18. The van der Waals surface area contributed by atoms with Crippen LogP contribution in [0.3, 0.4) is 0 Å². The van der Waals surface area contributed by atoms with Crippen LogP contribution in [0, 0.1) is 0 Å². The number of rotatable bonds is 4. The van der Waals surface area contributed by atoms with Crippen molar-refractivity contribution in [3.8, 4) is 0 Å². The first-order valence-electron chi connectivity index (χ1n) is 6.89. The lowest BCUT2D eigenvalue weighted by atomic mass is 10.1. The Balaban J connectivity index is 2.04. The van der Waals surface area contributed by atoms with Gasteiger partial charge in [-0.3, -0.25) is 5.32 Å². The number of aromatic nitrogens is 1. The van der Waals surface area contributed by atoms with E-state index in [1.54, 1.807) is 0 Å². The zero-order valence-electron chi connectivity index (χ0n) is 12.5. The molecule has 0 unspecified atom stereocenters. The number of ether oxygens (including phenoxy) is 1. The number of hydrogen-bond donors (Lipinski definition) is 1. The molecule has 0 saturated carbocycles. The van der Waals surface area contributed by atoms with Crippen LogP contribution in [0.2, 0.25) is 0 Å². The summed E-state index contributed by atoms with van der Waals surface area (Å²) < 4.78 is 47.9. The van der Waals surface area contributed by atoms with Gasteiger partial charge in [-0.15, -0.1) is 0 Å². The van der Waals surface area contributed by atoms with E-state index in [0.717, 1.165) is 12.1 Å². The Morgan fingerprint density at radius 1 is 1.43 bits per heavy atom. The molecule has 1 N–H and O–H groups in total. The zero-order chi connectivity index (χ0) is 17.0. The fraction of sp³-hybridized carbons (Fsp3) is 0.333. The number of amides is 1.